The first-order valence-corrected chi connectivity index (χ1v) is 9.40. The van der Waals surface area contributed by atoms with E-state index in [2.05, 4.69) is 10.9 Å². The van der Waals surface area contributed by atoms with Crippen LogP contribution in [-0.2, 0) is 4.74 Å². The fourth-order valence-electron chi connectivity index (χ4n) is 2.16. The van der Waals surface area contributed by atoms with Crippen molar-refractivity contribution in [1.82, 2.24) is 4.98 Å². The van der Waals surface area contributed by atoms with Crippen LogP contribution in [0.2, 0.25) is 0 Å². The Hall–Kier alpha value is -2.71. The van der Waals surface area contributed by atoms with Gasteiger partial charge in [-0.3, -0.25) is 0 Å². The molecule has 0 aliphatic rings. The van der Waals surface area contributed by atoms with Gasteiger partial charge in [0.1, 0.15) is 18.1 Å². The van der Waals surface area contributed by atoms with E-state index in [1.54, 1.807) is 30.8 Å². The Morgan fingerprint density at radius 1 is 1.27 bits per heavy atom. The quantitative estimate of drug-likeness (QED) is 0.531. The lowest BCUT2D eigenvalue weighted by atomic mass is 10.1. The lowest BCUT2D eigenvalue weighted by Gasteiger charge is -2.08. The maximum absolute atomic E-state index is 11.9. The second kappa shape index (κ2) is 9.69. The van der Waals surface area contributed by atoms with E-state index in [1.807, 2.05) is 43.5 Å². The molecule has 0 unspecified atom stereocenters. The Morgan fingerprint density at radius 3 is 2.62 bits per heavy atom. The summed E-state index contributed by atoms with van der Waals surface area (Å²) in [6.07, 6.45) is 9.57. The van der Waals surface area contributed by atoms with Crippen LogP contribution in [0.5, 0.6) is 5.75 Å². The van der Waals surface area contributed by atoms with Gasteiger partial charge in [-0.05, 0) is 73.4 Å². The first-order valence-electron chi connectivity index (χ1n) is 8.17. The zero-order valence-electron chi connectivity index (χ0n) is 15.1. The fraction of sp³-hybridized carbons (Fsp3) is 0.238. The molecular formula is C21H21NO3S. The van der Waals surface area contributed by atoms with Crippen molar-refractivity contribution in [3.05, 3.63) is 58.6 Å². The number of nitrogens with zero attached hydrogens (tertiary/aromatic N) is 1. The Balaban J connectivity index is 2.16. The monoisotopic (exact) mass is 367 g/mol. The highest BCUT2D eigenvalue weighted by Gasteiger charge is 2.14. The standard InChI is InChI=1S/C21H21NO3S/c1-5-19-18(21(23)24-6-2)11-12-20(22-19)16-7-9-17(10-8-16)25-14-13-15(3)26-4/h1,7-13H,6,14H2,2-4H3. The minimum absolute atomic E-state index is 0.277. The summed E-state index contributed by atoms with van der Waals surface area (Å²) < 4.78 is 10.7. The van der Waals surface area contributed by atoms with Crippen LogP contribution in [0.4, 0.5) is 0 Å². The molecule has 1 aromatic carbocycles. The number of allylic oxidation sites excluding steroid dienone is 1. The zero-order chi connectivity index (χ0) is 18.9. The summed E-state index contributed by atoms with van der Waals surface area (Å²) in [4.78, 5) is 17.5. The van der Waals surface area contributed by atoms with Crippen molar-refractivity contribution >= 4 is 17.7 Å². The number of carbonyl (C=O) groups is 1. The summed E-state index contributed by atoms with van der Waals surface area (Å²) >= 11 is 1.69. The van der Waals surface area contributed by atoms with Crippen LogP contribution in [0.25, 0.3) is 11.3 Å². The van der Waals surface area contributed by atoms with E-state index in [0.717, 1.165) is 11.3 Å². The molecule has 2 aromatic rings. The molecule has 0 fully saturated rings. The number of hydrogen-bond donors (Lipinski definition) is 0. The molecule has 1 heterocycles. The number of thioether (sulfide) groups is 1. The highest BCUT2D eigenvalue weighted by molar-refractivity contribution is 8.02. The molecule has 0 aliphatic heterocycles. The van der Waals surface area contributed by atoms with Crippen LogP contribution in [0, 0.1) is 12.3 Å². The lowest BCUT2D eigenvalue weighted by molar-refractivity contribution is 0.0525. The second-order valence-corrected chi connectivity index (χ2v) is 6.36. The molecule has 2 rings (SSSR count). The van der Waals surface area contributed by atoms with Crippen molar-refractivity contribution in [2.45, 2.75) is 13.8 Å². The largest absolute Gasteiger partial charge is 0.490 e. The van der Waals surface area contributed by atoms with Crippen molar-refractivity contribution in [2.24, 2.45) is 0 Å². The molecule has 5 heteroatoms. The molecular weight excluding hydrogens is 346 g/mol. The first-order chi connectivity index (χ1) is 12.6. The molecule has 0 aliphatic carbocycles. The summed E-state index contributed by atoms with van der Waals surface area (Å²) in [6, 6.07) is 11.0. The number of rotatable bonds is 7. The van der Waals surface area contributed by atoms with Crippen LogP contribution in [-0.4, -0.2) is 30.4 Å². The molecule has 0 spiro atoms. The van der Waals surface area contributed by atoms with Gasteiger partial charge in [0.25, 0.3) is 0 Å². The van der Waals surface area contributed by atoms with Gasteiger partial charge in [0, 0.05) is 5.56 Å². The smallest absolute Gasteiger partial charge is 0.341 e. The minimum atomic E-state index is -0.461. The van der Waals surface area contributed by atoms with E-state index in [4.69, 9.17) is 15.9 Å². The van der Waals surface area contributed by atoms with E-state index in [-0.39, 0.29) is 12.3 Å². The van der Waals surface area contributed by atoms with Gasteiger partial charge in [-0.2, -0.15) is 0 Å². The predicted octanol–water partition coefficient (Wildman–Crippen LogP) is 4.55. The summed E-state index contributed by atoms with van der Waals surface area (Å²) in [7, 11) is 0. The van der Waals surface area contributed by atoms with Crippen molar-refractivity contribution in [3.63, 3.8) is 0 Å². The minimum Gasteiger partial charge on any atom is -0.490 e. The summed E-state index contributed by atoms with van der Waals surface area (Å²) in [5.74, 6) is 2.77. The average Bonchev–Trinajstić information content (AvgIpc) is 2.68. The molecule has 0 atom stereocenters. The number of ether oxygens (including phenoxy) is 2. The number of esters is 1. The van der Waals surface area contributed by atoms with Crippen LogP contribution in [0.1, 0.15) is 29.9 Å². The molecule has 0 N–H and O–H groups in total. The number of carbonyl (C=O) groups excluding carboxylic acids is 1. The van der Waals surface area contributed by atoms with Gasteiger partial charge in [-0.25, -0.2) is 9.78 Å². The number of aromatic nitrogens is 1. The van der Waals surface area contributed by atoms with Crippen LogP contribution in [0.3, 0.4) is 0 Å². The van der Waals surface area contributed by atoms with Crippen molar-refractivity contribution in [2.75, 3.05) is 19.5 Å². The summed E-state index contributed by atoms with van der Waals surface area (Å²) in [6.45, 7) is 4.61. The van der Waals surface area contributed by atoms with Gasteiger partial charge in [0.2, 0.25) is 0 Å². The maximum atomic E-state index is 11.9. The van der Waals surface area contributed by atoms with E-state index in [9.17, 15) is 4.79 Å². The predicted molar refractivity (Wildman–Crippen MR) is 106 cm³/mol. The average molecular weight is 367 g/mol. The third-order valence-electron chi connectivity index (χ3n) is 3.62. The molecule has 26 heavy (non-hydrogen) atoms. The zero-order valence-corrected chi connectivity index (χ0v) is 15.9. The summed E-state index contributed by atoms with van der Waals surface area (Å²) in [5, 5.41) is 0. The van der Waals surface area contributed by atoms with E-state index in [0.29, 0.717) is 17.9 Å². The molecule has 0 radical (unpaired) electrons. The SMILES string of the molecule is C#Cc1nc(-c2ccc(OCC=C(C)SC)cc2)ccc1C(=O)OCC. The van der Waals surface area contributed by atoms with Gasteiger partial charge in [0.05, 0.1) is 17.9 Å². The number of pyridine rings is 1. The molecule has 4 nitrogen and oxygen atoms in total. The number of terminal acetylenes is 1. The van der Waals surface area contributed by atoms with E-state index >= 15 is 0 Å². The molecule has 0 amide bonds. The highest BCUT2D eigenvalue weighted by atomic mass is 32.2. The third kappa shape index (κ3) is 5.14. The molecule has 0 bridgehead atoms. The second-order valence-electron chi connectivity index (χ2n) is 5.31. The van der Waals surface area contributed by atoms with Crippen molar-refractivity contribution in [1.29, 1.82) is 0 Å². The Morgan fingerprint density at radius 2 is 2.00 bits per heavy atom. The fourth-order valence-corrected chi connectivity index (χ4v) is 2.40. The van der Waals surface area contributed by atoms with Crippen LogP contribution in [0.15, 0.2) is 47.4 Å². The van der Waals surface area contributed by atoms with Gasteiger partial charge in [0.15, 0.2) is 0 Å². The third-order valence-corrected chi connectivity index (χ3v) is 4.43. The topological polar surface area (TPSA) is 48.4 Å². The molecule has 0 saturated heterocycles. The molecule has 134 valence electrons. The Bertz CT molecular complexity index is 835. The Kier molecular flexibility index (Phi) is 7.31. The van der Waals surface area contributed by atoms with E-state index in [1.165, 1.54) is 4.91 Å². The van der Waals surface area contributed by atoms with Gasteiger partial charge in [-0.1, -0.05) is 0 Å². The van der Waals surface area contributed by atoms with Crippen molar-refractivity contribution < 1.29 is 14.3 Å². The number of hydrogen-bond acceptors (Lipinski definition) is 5. The van der Waals surface area contributed by atoms with Crippen molar-refractivity contribution in [3.8, 4) is 29.4 Å². The van der Waals surface area contributed by atoms with Crippen LogP contribution >= 0.6 is 11.8 Å². The first kappa shape index (κ1) is 19.6. The highest BCUT2D eigenvalue weighted by Crippen LogP contribution is 2.23. The molecule has 1 aromatic heterocycles. The van der Waals surface area contributed by atoms with E-state index < -0.39 is 5.97 Å². The normalized spacial score (nSPS) is 10.9. The van der Waals surface area contributed by atoms with Gasteiger partial charge < -0.3 is 9.47 Å². The van der Waals surface area contributed by atoms with Crippen LogP contribution < -0.4 is 4.74 Å². The summed E-state index contributed by atoms with van der Waals surface area (Å²) in [5.41, 5.74) is 2.16. The maximum Gasteiger partial charge on any atom is 0.341 e. The molecule has 0 saturated carbocycles. The van der Waals surface area contributed by atoms with Gasteiger partial charge in [-0.15, -0.1) is 18.2 Å². The number of benzene rings is 1. The Labute approximate surface area is 158 Å². The van der Waals surface area contributed by atoms with Gasteiger partial charge >= 0.3 is 5.97 Å². The lowest BCUT2D eigenvalue weighted by Crippen LogP contribution is -2.08.